The van der Waals surface area contributed by atoms with Gasteiger partial charge in [-0.25, -0.2) is 4.68 Å². The minimum atomic E-state index is -0.303. The van der Waals surface area contributed by atoms with Crippen molar-refractivity contribution >= 4 is 7.41 Å². The molecule has 169 valence electrons. The Labute approximate surface area is 203 Å². The summed E-state index contributed by atoms with van der Waals surface area (Å²) in [6, 6.07) is 26.0. The second-order valence-corrected chi connectivity index (χ2v) is 9.72. The van der Waals surface area contributed by atoms with Crippen molar-refractivity contribution in [1.29, 1.82) is 0 Å². The molecule has 1 atom stereocenters. The Hall–Kier alpha value is -3.53. The van der Waals surface area contributed by atoms with Crippen LogP contribution in [0.1, 0.15) is 61.8 Å². The molecule has 0 aliphatic carbocycles. The molecule has 0 amide bonds. The molecule has 0 bridgehead atoms. The third-order valence-electron chi connectivity index (χ3n) is 6.84. The molecule has 0 fully saturated rings. The average Bonchev–Trinajstić information content (AvgIpc) is 3.55. The lowest BCUT2D eigenvalue weighted by Gasteiger charge is -2.27. The predicted octanol–water partition coefficient (Wildman–Crippen LogP) is 6.77. The van der Waals surface area contributed by atoms with Gasteiger partial charge in [0.1, 0.15) is 0 Å². The predicted molar refractivity (Wildman–Crippen MR) is 142 cm³/mol. The quantitative estimate of drug-likeness (QED) is 0.333. The summed E-state index contributed by atoms with van der Waals surface area (Å²) in [5, 5.41) is 7.80. The molecule has 1 radical (unpaired) electrons. The van der Waals surface area contributed by atoms with Crippen molar-refractivity contribution in [2.24, 2.45) is 0 Å². The molecule has 5 rings (SSSR count). The first-order chi connectivity index (χ1) is 16.5. The molecule has 0 saturated carbocycles. The van der Waals surface area contributed by atoms with E-state index < -0.39 is 0 Å². The summed E-state index contributed by atoms with van der Waals surface area (Å²) in [7, 11) is 2.16. The molecule has 0 saturated heterocycles. The summed E-state index contributed by atoms with van der Waals surface area (Å²) in [5.41, 5.74) is 8.75. The van der Waals surface area contributed by atoms with Crippen molar-refractivity contribution in [2.45, 2.75) is 44.8 Å². The maximum Gasteiger partial charge on any atom is 0.263 e. The van der Waals surface area contributed by atoms with Gasteiger partial charge in [0.25, 0.3) is 7.41 Å². The van der Waals surface area contributed by atoms with Crippen molar-refractivity contribution in [1.82, 2.24) is 15.0 Å². The van der Waals surface area contributed by atoms with Gasteiger partial charge in [-0.3, -0.25) is 0 Å². The summed E-state index contributed by atoms with van der Waals surface area (Å²) >= 11 is 0. The van der Waals surface area contributed by atoms with Gasteiger partial charge in [0.15, 0.2) is 0 Å². The van der Waals surface area contributed by atoms with Gasteiger partial charge in [-0.05, 0) is 58.0 Å². The van der Waals surface area contributed by atoms with Crippen LogP contribution in [-0.4, -0.2) is 17.2 Å². The lowest BCUT2D eigenvalue weighted by molar-refractivity contribution is 0.838. The molecule has 3 nitrogen and oxygen atoms in total. The van der Waals surface area contributed by atoms with E-state index in [-0.39, 0.29) is 5.31 Å². The number of hydrogen-bond donors (Lipinski definition) is 1. The van der Waals surface area contributed by atoms with Gasteiger partial charge in [-0.2, -0.15) is 5.10 Å². The lowest BCUT2D eigenvalue weighted by atomic mass is 9.55. The third-order valence-corrected chi connectivity index (χ3v) is 6.84. The van der Waals surface area contributed by atoms with Crippen LogP contribution in [0.15, 0.2) is 97.5 Å². The maximum atomic E-state index is 4.80. The Kier molecular flexibility index (Phi) is 5.91. The molecule has 2 heterocycles. The molecule has 4 heteroatoms. The summed E-state index contributed by atoms with van der Waals surface area (Å²) in [5.74, 6) is 0.895. The van der Waals surface area contributed by atoms with Crippen molar-refractivity contribution in [3.63, 3.8) is 0 Å². The number of hydrogen-bond acceptors (Lipinski definition) is 2. The highest BCUT2D eigenvalue weighted by Crippen LogP contribution is 2.37. The van der Waals surface area contributed by atoms with Gasteiger partial charge in [-0.15, -0.1) is 0 Å². The van der Waals surface area contributed by atoms with E-state index in [1.807, 2.05) is 17.1 Å². The number of nitrogens with zero attached hydrogens (tertiary/aromatic N) is 2. The fourth-order valence-electron chi connectivity index (χ4n) is 5.03. The number of benzene rings is 3. The van der Waals surface area contributed by atoms with Crippen LogP contribution >= 0.6 is 0 Å². The summed E-state index contributed by atoms with van der Waals surface area (Å²) in [6.07, 6.45) is 8.43. The van der Waals surface area contributed by atoms with Crippen LogP contribution in [0.4, 0.5) is 0 Å². The molecule has 4 aromatic rings. The van der Waals surface area contributed by atoms with E-state index >= 15 is 0 Å². The lowest BCUT2D eigenvalue weighted by Crippen LogP contribution is -2.34. The smallest absolute Gasteiger partial charge is 0.263 e. The minimum absolute atomic E-state index is 0.303. The standard InChI is InChI=1S/C30H31BN3/c1-21(2)27-14-9-15-28(22(3)4)29(27)23-19-33-34(20-23)26-13-8-12-25(18-26)30(16-17-32-31-30)24-10-6-5-7-11-24/h5-22,32H,1-4H3. The van der Waals surface area contributed by atoms with E-state index in [4.69, 9.17) is 5.10 Å². The Morgan fingerprint density at radius 3 is 2.15 bits per heavy atom. The third kappa shape index (κ3) is 3.88. The Bertz CT molecular complexity index is 1290. The van der Waals surface area contributed by atoms with Gasteiger partial charge in [-0.1, -0.05) is 94.4 Å². The van der Waals surface area contributed by atoms with Crippen LogP contribution in [0.3, 0.4) is 0 Å². The van der Waals surface area contributed by atoms with E-state index in [1.54, 1.807) is 0 Å². The largest absolute Gasteiger partial charge is 0.437 e. The normalized spacial score (nSPS) is 17.2. The number of allylic oxidation sites excluding steroid dienone is 1. The second kappa shape index (κ2) is 9.02. The zero-order valence-corrected chi connectivity index (χ0v) is 20.4. The fourth-order valence-corrected chi connectivity index (χ4v) is 5.03. The number of aromatic nitrogens is 2. The number of rotatable bonds is 6. The maximum absolute atomic E-state index is 4.80. The van der Waals surface area contributed by atoms with Gasteiger partial charge in [0, 0.05) is 17.1 Å². The first kappa shape index (κ1) is 22.3. The van der Waals surface area contributed by atoms with E-state index in [0.29, 0.717) is 11.8 Å². The first-order valence-electron chi connectivity index (χ1n) is 12.1. The van der Waals surface area contributed by atoms with E-state index in [2.05, 4.69) is 125 Å². The van der Waals surface area contributed by atoms with Gasteiger partial charge < -0.3 is 5.23 Å². The van der Waals surface area contributed by atoms with Gasteiger partial charge in [0.2, 0.25) is 0 Å². The van der Waals surface area contributed by atoms with Crippen molar-refractivity contribution in [3.05, 3.63) is 120 Å². The topological polar surface area (TPSA) is 29.9 Å². The Balaban J connectivity index is 1.58. The monoisotopic (exact) mass is 444 g/mol. The molecule has 3 aromatic carbocycles. The van der Waals surface area contributed by atoms with E-state index in [1.165, 1.54) is 33.4 Å². The Morgan fingerprint density at radius 2 is 1.50 bits per heavy atom. The molecule has 1 aliphatic heterocycles. The molecule has 1 N–H and O–H groups in total. The molecule has 0 spiro atoms. The first-order valence-corrected chi connectivity index (χ1v) is 12.1. The highest BCUT2D eigenvalue weighted by atomic mass is 15.3. The average molecular weight is 444 g/mol. The van der Waals surface area contributed by atoms with Crippen LogP contribution in [-0.2, 0) is 5.31 Å². The van der Waals surface area contributed by atoms with Crippen LogP contribution < -0.4 is 5.23 Å². The molecule has 1 aliphatic rings. The van der Waals surface area contributed by atoms with E-state index in [0.717, 1.165) is 5.69 Å². The van der Waals surface area contributed by atoms with Gasteiger partial charge >= 0.3 is 0 Å². The minimum Gasteiger partial charge on any atom is -0.437 e. The van der Waals surface area contributed by atoms with Crippen LogP contribution in [0.5, 0.6) is 0 Å². The molecular formula is C30H31BN3. The van der Waals surface area contributed by atoms with E-state index in [9.17, 15) is 0 Å². The highest BCUT2D eigenvalue weighted by Gasteiger charge is 2.36. The summed E-state index contributed by atoms with van der Waals surface area (Å²) < 4.78 is 2.00. The van der Waals surface area contributed by atoms with Crippen LogP contribution in [0.25, 0.3) is 16.8 Å². The van der Waals surface area contributed by atoms with Crippen molar-refractivity contribution in [2.75, 3.05) is 0 Å². The zero-order valence-electron chi connectivity index (χ0n) is 20.4. The SMILES string of the molecule is CC(C)c1cccc(C(C)C)c1-c1cnn(-c2cccc(C3(c4ccccc4)[B]NC=C3)c2)c1. The zero-order chi connectivity index (χ0) is 23.7. The summed E-state index contributed by atoms with van der Waals surface area (Å²) in [4.78, 5) is 0. The van der Waals surface area contributed by atoms with Crippen LogP contribution in [0, 0.1) is 0 Å². The Morgan fingerprint density at radius 1 is 0.824 bits per heavy atom. The van der Waals surface area contributed by atoms with Crippen LogP contribution in [0.2, 0.25) is 0 Å². The molecule has 1 aromatic heterocycles. The van der Waals surface area contributed by atoms with Crippen molar-refractivity contribution in [3.8, 4) is 16.8 Å². The second-order valence-electron chi connectivity index (χ2n) is 9.72. The van der Waals surface area contributed by atoms with Gasteiger partial charge in [0.05, 0.1) is 11.9 Å². The summed E-state index contributed by atoms with van der Waals surface area (Å²) in [6.45, 7) is 9.05. The fraction of sp³-hybridized carbons (Fsp3) is 0.233. The molecule has 1 unspecified atom stereocenters. The highest BCUT2D eigenvalue weighted by molar-refractivity contribution is 6.41. The molecular weight excluding hydrogens is 413 g/mol. The number of nitrogens with one attached hydrogen (secondary N) is 1. The molecule has 34 heavy (non-hydrogen) atoms. The van der Waals surface area contributed by atoms with Crippen molar-refractivity contribution < 1.29 is 0 Å².